The molecule has 3 nitrogen and oxygen atoms in total. The Labute approximate surface area is 117 Å². The fourth-order valence-electron chi connectivity index (χ4n) is 1.90. The Hall–Kier alpha value is -1.03. The third-order valence-corrected chi connectivity index (χ3v) is 3.18. The highest BCUT2D eigenvalue weighted by atomic mass is 79.9. The van der Waals surface area contributed by atoms with Crippen molar-refractivity contribution in [3.63, 3.8) is 0 Å². The van der Waals surface area contributed by atoms with Crippen molar-refractivity contribution in [2.75, 3.05) is 11.4 Å². The van der Waals surface area contributed by atoms with Gasteiger partial charge in [-0.1, -0.05) is 29.8 Å². The maximum absolute atomic E-state index is 11.3. The molecule has 100 valence electrons. The minimum Gasteiger partial charge on any atom is -0.478 e. The first-order valence-corrected chi connectivity index (χ1v) is 6.91. The van der Waals surface area contributed by atoms with Crippen LogP contribution in [-0.2, 0) is 0 Å². The second-order valence-corrected chi connectivity index (χ2v) is 6.02. The van der Waals surface area contributed by atoms with E-state index in [-0.39, 0.29) is 6.04 Å². The van der Waals surface area contributed by atoms with Crippen molar-refractivity contribution in [1.29, 1.82) is 0 Å². The van der Waals surface area contributed by atoms with E-state index >= 15 is 0 Å². The summed E-state index contributed by atoms with van der Waals surface area (Å²) in [5.74, 6) is -0.403. The van der Waals surface area contributed by atoms with Crippen molar-refractivity contribution in [2.45, 2.75) is 33.7 Å². The molecule has 1 rings (SSSR count). The SMILES string of the molecule is CC(C)CN(c1cc(Br)ccc1C(=O)O)C(C)C. The Morgan fingerprint density at radius 2 is 1.94 bits per heavy atom. The summed E-state index contributed by atoms with van der Waals surface area (Å²) in [6.45, 7) is 9.26. The topological polar surface area (TPSA) is 40.5 Å². The number of aromatic carboxylic acids is 1. The van der Waals surface area contributed by atoms with Gasteiger partial charge in [-0.05, 0) is 38.0 Å². The molecule has 0 amide bonds. The number of halogens is 1. The molecule has 0 saturated carbocycles. The highest BCUT2D eigenvalue weighted by molar-refractivity contribution is 9.10. The number of anilines is 1. The van der Waals surface area contributed by atoms with E-state index in [2.05, 4.69) is 48.5 Å². The number of benzene rings is 1. The van der Waals surface area contributed by atoms with Gasteiger partial charge in [-0.3, -0.25) is 0 Å². The van der Waals surface area contributed by atoms with E-state index in [1.165, 1.54) is 0 Å². The quantitative estimate of drug-likeness (QED) is 0.892. The van der Waals surface area contributed by atoms with Crippen LogP contribution in [0.25, 0.3) is 0 Å². The summed E-state index contributed by atoms with van der Waals surface area (Å²) in [5, 5.41) is 9.28. The molecule has 0 bridgehead atoms. The molecule has 0 heterocycles. The molecule has 0 spiro atoms. The molecule has 0 saturated heterocycles. The number of carboxylic acids is 1. The highest BCUT2D eigenvalue weighted by Crippen LogP contribution is 2.27. The molecule has 0 atom stereocenters. The van der Waals surface area contributed by atoms with Crippen molar-refractivity contribution >= 4 is 27.6 Å². The predicted molar refractivity (Wildman–Crippen MR) is 78.4 cm³/mol. The Morgan fingerprint density at radius 3 is 2.39 bits per heavy atom. The zero-order valence-electron chi connectivity index (χ0n) is 11.3. The van der Waals surface area contributed by atoms with E-state index in [1.54, 1.807) is 12.1 Å². The van der Waals surface area contributed by atoms with Gasteiger partial charge in [0.15, 0.2) is 0 Å². The zero-order valence-corrected chi connectivity index (χ0v) is 12.9. The molecule has 0 aliphatic carbocycles. The molecular formula is C14H20BrNO2. The largest absolute Gasteiger partial charge is 0.478 e. The van der Waals surface area contributed by atoms with Gasteiger partial charge in [-0.15, -0.1) is 0 Å². The smallest absolute Gasteiger partial charge is 0.337 e. The number of carbonyl (C=O) groups is 1. The van der Waals surface area contributed by atoms with Gasteiger partial charge in [0.25, 0.3) is 0 Å². The Kier molecular flexibility index (Phi) is 5.20. The van der Waals surface area contributed by atoms with Crippen molar-refractivity contribution in [2.24, 2.45) is 5.92 Å². The normalized spacial score (nSPS) is 11.1. The maximum Gasteiger partial charge on any atom is 0.337 e. The van der Waals surface area contributed by atoms with E-state index in [4.69, 9.17) is 0 Å². The van der Waals surface area contributed by atoms with E-state index < -0.39 is 5.97 Å². The van der Waals surface area contributed by atoms with E-state index in [1.807, 2.05) is 6.07 Å². The lowest BCUT2D eigenvalue weighted by atomic mass is 10.1. The summed E-state index contributed by atoms with van der Waals surface area (Å²) in [4.78, 5) is 13.4. The second-order valence-electron chi connectivity index (χ2n) is 5.11. The van der Waals surface area contributed by atoms with Gasteiger partial charge in [-0.25, -0.2) is 4.79 Å². The third-order valence-electron chi connectivity index (χ3n) is 2.68. The zero-order chi connectivity index (χ0) is 13.9. The summed E-state index contributed by atoms with van der Waals surface area (Å²) < 4.78 is 0.900. The van der Waals surface area contributed by atoms with Crippen molar-refractivity contribution < 1.29 is 9.90 Å². The van der Waals surface area contributed by atoms with Crippen LogP contribution in [0, 0.1) is 5.92 Å². The van der Waals surface area contributed by atoms with Crippen LogP contribution >= 0.6 is 15.9 Å². The Balaban J connectivity index is 3.25. The van der Waals surface area contributed by atoms with Crippen LogP contribution in [0.5, 0.6) is 0 Å². The molecule has 1 N–H and O–H groups in total. The summed E-state index contributed by atoms with van der Waals surface area (Å²) in [5.41, 5.74) is 1.13. The summed E-state index contributed by atoms with van der Waals surface area (Å²) in [6, 6.07) is 5.56. The van der Waals surface area contributed by atoms with E-state index in [0.717, 1.165) is 16.7 Å². The summed E-state index contributed by atoms with van der Waals surface area (Å²) >= 11 is 3.41. The Morgan fingerprint density at radius 1 is 1.33 bits per heavy atom. The van der Waals surface area contributed by atoms with Crippen LogP contribution < -0.4 is 4.90 Å². The average molecular weight is 314 g/mol. The van der Waals surface area contributed by atoms with Crippen LogP contribution in [0.1, 0.15) is 38.1 Å². The molecule has 0 fully saturated rings. The van der Waals surface area contributed by atoms with Gasteiger partial charge in [0.1, 0.15) is 0 Å². The molecule has 4 heteroatoms. The van der Waals surface area contributed by atoms with Gasteiger partial charge < -0.3 is 10.0 Å². The summed E-state index contributed by atoms with van der Waals surface area (Å²) in [7, 11) is 0. The molecule has 1 aromatic rings. The van der Waals surface area contributed by atoms with Gasteiger partial charge >= 0.3 is 5.97 Å². The number of carboxylic acid groups (broad SMARTS) is 1. The molecule has 1 aromatic carbocycles. The molecule has 0 aliphatic rings. The first-order valence-electron chi connectivity index (χ1n) is 6.12. The predicted octanol–water partition coefficient (Wildman–Crippen LogP) is 4.02. The van der Waals surface area contributed by atoms with E-state index in [9.17, 15) is 9.90 Å². The van der Waals surface area contributed by atoms with Crippen molar-refractivity contribution in [1.82, 2.24) is 0 Å². The number of nitrogens with zero attached hydrogens (tertiary/aromatic N) is 1. The van der Waals surface area contributed by atoms with Crippen LogP contribution in [0.15, 0.2) is 22.7 Å². The van der Waals surface area contributed by atoms with Gasteiger partial charge in [0.05, 0.1) is 11.3 Å². The van der Waals surface area contributed by atoms with Crippen LogP contribution in [0.2, 0.25) is 0 Å². The second kappa shape index (κ2) is 6.23. The van der Waals surface area contributed by atoms with Crippen molar-refractivity contribution in [3.05, 3.63) is 28.2 Å². The minimum absolute atomic E-state index is 0.264. The Bertz CT molecular complexity index is 430. The number of hydrogen-bond donors (Lipinski definition) is 1. The van der Waals surface area contributed by atoms with Gasteiger partial charge in [0, 0.05) is 17.1 Å². The fraction of sp³-hybridized carbons (Fsp3) is 0.500. The van der Waals surface area contributed by atoms with Gasteiger partial charge in [-0.2, -0.15) is 0 Å². The lowest BCUT2D eigenvalue weighted by molar-refractivity contribution is 0.0697. The fourth-order valence-corrected chi connectivity index (χ4v) is 2.25. The molecule has 0 aromatic heterocycles. The summed E-state index contributed by atoms with van der Waals surface area (Å²) in [6.07, 6.45) is 0. The molecule has 0 unspecified atom stereocenters. The average Bonchev–Trinajstić information content (AvgIpc) is 2.24. The number of hydrogen-bond acceptors (Lipinski definition) is 2. The first-order chi connectivity index (χ1) is 8.32. The van der Waals surface area contributed by atoms with Crippen LogP contribution in [0.4, 0.5) is 5.69 Å². The lowest BCUT2D eigenvalue weighted by Crippen LogP contribution is -2.35. The highest BCUT2D eigenvalue weighted by Gasteiger charge is 2.19. The minimum atomic E-state index is -0.882. The molecule has 0 aliphatic heterocycles. The monoisotopic (exact) mass is 313 g/mol. The van der Waals surface area contributed by atoms with E-state index in [0.29, 0.717) is 11.5 Å². The molecule has 18 heavy (non-hydrogen) atoms. The number of rotatable bonds is 5. The van der Waals surface area contributed by atoms with Crippen LogP contribution in [0.3, 0.4) is 0 Å². The maximum atomic E-state index is 11.3. The van der Waals surface area contributed by atoms with Crippen LogP contribution in [-0.4, -0.2) is 23.7 Å². The lowest BCUT2D eigenvalue weighted by Gasteiger charge is -2.32. The first kappa shape index (κ1) is 15.0. The standard InChI is InChI=1S/C14H20BrNO2/c1-9(2)8-16(10(3)4)13-7-11(15)5-6-12(13)14(17)18/h5-7,9-10H,8H2,1-4H3,(H,17,18). The molecular weight excluding hydrogens is 294 g/mol. The van der Waals surface area contributed by atoms with Gasteiger partial charge in [0.2, 0.25) is 0 Å². The van der Waals surface area contributed by atoms with Crippen molar-refractivity contribution in [3.8, 4) is 0 Å². The molecule has 0 radical (unpaired) electrons. The third kappa shape index (κ3) is 3.73.